The van der Waals surface area contributed by atoms with E-state index in [1.54, 1.807) is 24.4 Å². The van der Waals surface area contributed by atoms with Crippen LogP contribution < -0.4 is 10.9 Å². The lowest BCUT2D eigenvalue weighted by Crippen LogP contribution is -2.47. The van der Waals surface area contributed by atoms with Crippen LogP contribution in [0.5, 0.6) is 5.75 Å². The highest BCUT2D eigenvalue weighted by Gasteiger charge is 2.53. The second kappa shape index (κ2) is 8.45. The Kier molecular flexibility index (Phi) is 5.36. The van der Waals surface area contributed by atoms with Crippen LogP contribution in [0, 0.1) is 11.2 Å². The first-order valence-electron chi connectivity index (χ1n) is 12.5. The summed E-state index contributed by atoms with van der Waals surface area (Å²) >= 11 is 0. The Morgan fingerprint density at radius 3 is 2.51 bits per heavy atom. The van der Waals surface area contributed by atoms with Crippen molar-refractivity contribution < 1.29 is 14.3 Å². The summed E-state index contributed by atoms with van der Waals surface area (Å²) in [4.78, 5) is 33.5. The van der Waals surface area contributed by atoms with E-state index in [-0.39, 0.29) is 23.2 Å². The number of halogens is 1. The van der Waals surface area contributed by atoms with Gasteiger partial charge in [-0.25, -0.2) is 9.37 Å². The van der Waals surface area contributed by atoms with Crippen LogP contribution in [0.1, 0.15) is 48.9 Å². The molecule has 3 heterocycles. The molecule has 2 aromatic heterocycles. The van der Waals surface area contributed by atoms with Crippen LogP contribution in [0.15, 0.2) is 41.3 Å². The highest BCUT2D eigenvalue weighted by molar-refractivity contribution is 6.02. The highest BCUT2D eigenvalue weighted by atomic mass is 19.1. The van der Waals surface area contributed by atoms with Gasteiger partial charge in [0.15, 0.2) is 0 Å². The molecule has 182 valence electrons. The van der Waals surface area contributed by atoms with Crippen molar-refractivity contribution in [2.75, 3.05) is 19.6 Å². The van der Waals surface area contributed by atoms with Gasteiger partial charge in [-0.3, -0.25) is 14.2 Å². The largest absolute Gasteiger partial charge is 0.506 e. The minimum Gasteiger partial charge on any atom is -0.506 e. The van der Waals surface area contributed by atoms with Crippen LogP contribution in [0.2, 0.25) is 0 Å². The molecule has 0 radical (unpaired) electrons. The standard InChI is InChI=1S/C27H29FN4O3/c28-19-5-3-17(4-6-19)18-13-21-23(33)22(25(34)30-20-14-27(15-20)7-8-27)26(35)32(24(21)29-16-18)12-11-31-9-1-2-10-31/h3-6,13,16,20,33H,1-2,7-12,14-15H2,(H,30,34). The fraction of sp³-hybridized carbons (Fsp3) is 0.444. The van der Waals surface area contributed by atoms with Gasteiger partial charge in [0.2, 0.25) is 0 Å². The summed E-state index contributed by atoms with van der Waals surface area (Å²) in [7, 11) is 0. The molecular formula is C27H29FN4O3. The number of fused-ring (bicyclic) bond motifs is 1. The molecule has 0 unspecified atom stereocenters. The Morgan fingerprint density at radius 1 is 1.11 bits per heavy atom. The minimum atomic E-state index is -0.531. The van der Waals surface area contributed by atoms with Gasteiger partial charge in [-0.15, -0.1) is 0 Å². The van der Waals surface area contributed by atoms with Crippen LogP contribution in [-0.2, 0) is 6.54 Å². The molecule has 1 aliphatic heterocycles. The van der Waals surface area contributed by atoms with Crippen LogP contribution >= 0.6 is 0 Å². The normalized spacial score (nSPS) is 19.2. The third-order valence-corrected chi connectivity index (χ3v) is 7.97. The van der Waals surface area contributed by atoms with E-state index in [1.807, 2.05) is 0 Å². The Labute approximate surface area is 202 Å². The van der Waals surface area contributed by atoms with Crippen molar-refractivity contribution in [3.8, 4) is 16.9 Å². The maximum Gasteiger partial charge on any atom is 0.268 e. The molecular weight excluding hydrogens is 447 g/mol. The van der Waals surface area contributed by atoms with Gasteiger partial charge >= 0.3 is 0 Å². The monoisotopic (exact) mass is 476 g/mol. The number of carbonyl (C=O) groups excluding carboxylic acids is 1. The molecule has 1 spiro atoms. The lowest BCUT2D eigenvalue weighted by Gasteiger charge is -2.36. The van der Waals surface area contributed by atoms with Crippen molar-refractivity contribution in [3.63, 3.8) is 0 Å². The van der Waals surface area contributed by atoms with Crippen LogP contribution in [0.4, 0.5) is 4.39 Å². The molecule has 1 amide bonds. The average Bonchev–Trinajstić information content (AvgIpc) is 3.45. The molecule has 2 N–H and O–H groups in total. The zero-order valence-electron chi connectivity index (χ0n) is 19.6. The van der Waals surface area contributed by atoms with Crippen LogP contribution in [-0.4, -0.2) is 51.1 Å². The van der Waals surface area contributed by atoms with E-state index in [0.717, 1.165) is 44.3 Å². The van der Waals surface area contributed by atoms with E-state index in [1.165, 1.54) is 29.5 Å². The molecule has 0 atom stereocenters. The molecule has 3 fully saturated rings. The Bertz CT molecular complexity index is 1350. The first-order chi connectivity index (χ1) is 16.9. The number of rotatable bonds is 6. The number of likely N-dealkylation sites (tertiary alicyclic amines) is 1. The van der Waals surface area contributed by atoms with E-state index in [4.69, 9.17) is 0 Å². The number of nitrogens with one attached hydrogen (secondary N) is 1. The Balaban J connectivity index is 1.40. The minimum absolute atomic E-state index is 0.0428. The molecule has 1 aromatic carbocycles. The number of hydrogen-bond acceptors (Lipinski definition) is 5. The fourth-order valence-electron chi connectivity index (χ4n) is 5.70. The van der Waals surface area contributed by atoms with Crippen molar-refractivity contribution in [3.05, 3.63) is 58.3 Å². The highest BCUT2D eigenvalue weighted by Crippen LogP contribution is 2.60. The van der Waals surface area contributed by atoms with Crippen molar-refractivity contribution in [1.82, 2.24) is 19.8 Å². The summed E-state index contributed by atoms with van der Waals surface area (Å²) in [5.74, 6) is -1.22. The van der Waals surface area contributed by atoms with Gasteiger partial charge in [0.1, 0.15) is 22.8 Å². The van der Waals surface area contributed by atoms with E-state index >= 15 is 0 Å². The van der Waals surface area contributed by atoms with E-state index in [2.05, 4.69) is 15.2 Å². The quantitative estimate of drug-likeness (QED) is 0.567. The number of aromatic hydroxyl groups is 1. The van der Waals surface area contributed by atoms with Gasteiger partial charge < -0.3 is 15.3 Å². The maximum atomic E-state index is 13.5. The van der Waals surface area contributed by atoms with Gasteiger partial charge in [-0.05, 0) is 80.8 Å². The molecule has 1 saturated heterocycles. The molecule has 2 saturated carbocycles. The molecule has 8 heteroatoms. The van der Waals surface area contributed by atoms with E-state index in [9.17, 15) is 19.1 Å². The van der Waals surface area contributed by atoms with E-state index < -0.39 is 11.5 Å². The number of nitrogens with zero attached hydrogens (tertiary/aromatic N) is 3. The predicted octanol–water partition coefficient (Wildman–Crippen LogP) is 3.68. The zero-order chi connectivity index (χ0) is 24.2. The van der Waals surface area contributed by atoms with Gasteiger partial charge in [0.05, 0.1) is 5.39 Å². The lowest BCUT2D eigenvalue weighted by atomic mass is 9.77. The number of carbonyl (C=O) groups is 1. The first kappa shape index (κ1) is 22.2. The summed E-state index contributed by atoms with van der Waals surface area (Å²) in [6.07, 6.45) is 8.19. The number of benzene rings is 1. The number of hydrogen-bond donors (Lipinski definition) is 2. The van der Waals surface area contributed by atoms with Gasteiger partial charge in [-0.1, -0.05) is 12.1 Å². The number of aromatic nitrogens is 2. The number of amides is 1. The van der Waals surface area contributed by atoms with Crippen molar-refractivity contribution in [2.24, 2.45) is 5.41 Å². The van der Waals surface area contributed by atoms with Crippen LogP contribution in [0.25, 0.3) is 22.2 Å². The first-order valence-corrected chi connectivity index (χ1v) is 12.5. The van der Waals surface area contributed by atoms with Crippen LogP contribution in [0.3, 0.4) is 0 Å². The summed E-state index contributed by atoms with van der Waals surface area (Å²) in [6, 6.07) is 7.76. The zero-order valence-corrected chi connectivity index (χ0v) is 19.6. The molecule has 7 nitrogen and oxygen atoms in total. The fourth-order valence-corrected chi connectivity index (χ4v) is 5.70. The third-order valence-electron chi connectivity index (χ3n) is 7.97. The summed E-state index contributed by atoms with van der Waals surface area (Å²) in [5, 5.41) is 14.5. The summed E-state index contributed by atoms with van der Waals surface area (Å²) < 4.78 is 14.9. The predicted molar refractivity (Wildman–Crippen MR) is 131 cm³/mol. The summed E-state index contributed by atoms with van der Waals surface area (Å²) in [5.41, 5.74) is 1.40. The molecule has 6 rings (SSSR count). The average molecular weight is 477 g/mol. The van der Waals surface area contributed by atoms with Crippen molar-refractivity contribution >= 4 is 16.9 Å². The van der Waals surface area contributed by atoms with Crippen molar-refractivity contribution in [2.45, 2.75) is 51.1 Å². The topological polar surface area (TPSA) is 87.5 Å². The molecule has 35 heavy (non-hydrogen) atoms. The Hall–Kier alpha value is -3.26. The third kappa shape index (κ3) is 4.10. The summed E-state index contributed by atoms with van der Waals surface area (Å²) in [6.45, 7) is 3.03. The van der Waals surface area contributed by atoms with Gasteiger partial charge in [0, 0.05) is 30.9 Å². The maximum absolute atomic E-state index is 13.5. The SMILES string of the molecule is O=C(NC1CC2(CC2)C1)c1c(O)c2cc(-c3ccc(F)cc3)cnc2n(CCN2CCCC2)c1=O. The van der Waals surface area contributed by atoms with Gasteiger partial charge in [-0.2, -0.15) is 0 Å². The second-order valence-electron chi connectivity index (χ2n) is 10.4. The number of pyridine rings is 2. The van der Waals surface area contributed by atoms with Crippen molar-refractivity contribution in [1.29, 1.82) is 0 Å². The van der Waals surface area contributed by atoms with E-state index in [0.29, 0.717) is 35.1 Å². The van der Waals surface area contributed by atoms with Gasteiger partial charge in [0.25, 0.3) is 11.5 Å². The smallest absolute Gasteiger partial charge is 0.268 e. The lowest BCUT2D eigenvalue weighted by molar-refractivity contribution is 0.0873. The molecule has 3 aliphatic rings. The Morgan fingerprint density at radius 2 is 1.83 bits per heavy atom. The molecule has 0 bridgehead atoms. The second-order valence-corrected chi connectivity index (χ2v) is 10.4. The molecule has 3 aromatic rings. The molecule has 2 aliphatic carbocycles.